The molecule has 1 aromatic heterocycles. The zero-order valence-corrected chi connectivity index (χ0v) is 18.2. The molecule has 9 heteroatoms. The summed E-state index contributed by atoms with van der Waals surface area (Å²) in [7, 11) is 1.58. The molecule has 0 aliphatic carbocycles. The lowest BCUT2D eigenvalue weighted by Gasteiger charge is -2.40. The number of halogens is 1. The first-order valence-corrected chi connectivity index (χ1v) is 10.3. The van der Waals surface area contributed by atoms with Crippen LogP contribution in [0.15, 0.2) is 30.3 Å². The second kappa shape index (κ2) is 8.87. The third-order valence-electron chi connectivity index (χ3n) is 5.60. The molecule has 8 nitrogen and oxygen atoms in total. The maximum Gasteiger partial charge on any atom is 0.272 e. The molecule has 3 rings (SSSR count). The van der Waals surface area contributed by atoms with Crippen LogP contribution in [0.2, 0.25) is 0 Å². The second-order valence-electron chi connectivity index (χ2n) is 8.46. The van der Waals surface area contributed by atoms with Crippen molar-refractivity contribution in [2.24, 2.45) is 5.92 Å². The molecule has 0 fully saturated rings. The van der Waals surface area contributed by atoms with Gasteiger partial charge in [-0.2, -0.15) is 5.10 Å². The van der Waals surface area contributed by atoms with E-state index in [1.165, 1.54) is 27.8 Å². The highest BCUT2D eigenvalue weighted by Crippen LogP contribution is 2.26. The van der Waals surface area contributed by atoms with Crippen LogP contribution in [0.25, 0.3) is 0 Å². The van der Waals surface area contributed by atoms with Gasteiger partial charge in [0.2, 0.25) is 5.91 Å². The predicted molar refractivity (Wildman–Crippen MR) is 113 cm³/mol. The van der Waals surface area contributed by atoms with Crippen molar-refractivity contribution in [2.75, 3.05) is 13.6 Å². The standard InChI is InChI=1S/C22H28FN5O3/c1-14(2)9-10-24-21(31)22(3)13-28-18(20(30)27(22)4)11-17(26-28)19(29)25-12-15-5-7-16(23)8-6-15/h5-8,11,14H,9-10,12-13H2,1-4H3,(H,24,31)(H,25,29)/t22-/m1/s1. The van der Waals surface area contributed by atoms with Gasteiger partial charge in [-0.3, -0.25) is 19.1 Å². The number of hydrogen-bond donors (Lipinski definition) is 2. The summed E-state index contributed by atoms with van der Waals surface area (Å²) in [6.45, 7) is 6.70. The van der Waals surface area contributed by atoms with E-state index in [1.807, 2.05) is 0 Å². The first kappa shape index (κ1) is 22.5. The summed E-state index contributed by atoms with van der Waals surface area (Å²) in [5.74, 6) is -0.988. The van der Waals surface area contributed by atoms with Crippen molar-refractivity contribution < 1.29 is 18.8 Å². The van der Waals surface area contributed by atoms with Crippen molar-refractivity contribution in [1.82, 2.24) is 25.3 Å². The van der Waals surface area contributed by atoms with Gasteiger partial charge in [-0.1, -0.05) is 26.0 Å². The fourth-order valence-electron chi connectivity index (χ4n) is 3.38. The topological polar surface area (TPSA) is 96.3 Å². The number of benzene rings is 1. The summed E-state index contributed by atoms with van der Waals surface area (Å²) in [5, 5.41) is 9.87. The number of nitrogens with one attached hydrogen (secondary N) is 2. The van der Waals surface area contributed by atoms with Crippen LogP contribution >= 0.6 is 0 Å². The van der Waals surface area contributed by atoms with Crippen molar-refractivity contribution >= 4 is 17.7 Å². The Labute approximate surface area is 180 Å². The molecule has 0 spiro atoms. The molecule has 0 saturated heterocycles. The van der Waals surface area contributed by atoms with E-state index in [4.69, 9.17) is 0 Å². The molecule has 0 radical (unpaired) electrons. The van der Waals surface area contributed by atoms with Gasteiger partial charge in [0, 0.05) is 26.2 Å². The van der Waals surface area contributed by atoms with E-state index < -0.39 is 11.4 Å². The van der Waals surface area contributed by atoms with Crippen molar-refractivity contribution in [2.45, 2.75) is 45.8 Å². The summed E-state index contributed by atoms with van der Waals surface area (Å²) in [4.78, 5) is 39.6. The minimum absolute atomic E-state index is 0.0864. The van der Waals surface area contributed by atoms with Gasteiger partial charge >= 0.3 is 0 Å². The van der Waals surface area contributed by atoms with Crippen LogP contribution in [0.1, 0.15) is 53.7 Å². The summed E-state index contributed by atoms with van der Waals surface area (Å²) >= 11 is 0. The number of aromatic nitrogens is 2. The Bertz CT molecular complexity index is 986. The van der Waals surface area contributed by atoms with E-state index in [1.54, 1.807) is 26.1 Å². The number of amides is 3. The first-order chi connectivity index (χ1) is 14.6. The van der Waals surface area contributed by atoms with E-state index in [9.17, 15) is 18.8 Å². The predicted octanol–water partition coefficient (Wildman–Crippen LogP) is 1.96. The molecule has 0 unspecified atom stereocenters. The summed E-state index contributed by atoms with van der Waals surface area (Å²) < 4.78 is 14.4. The van der Waals surface area contributed by atoms with E-state index in [-0.39, 0.29) is 42.1 Å². The number of rotatable bonds is 7. The van der Waals surface area contributed by atoms with Crippen LogP contribution < -0.4 is 10.6 Å². The quantitative estimate of drug-likeness (QED) is 0.703. The SMILES string of the molecule is CC(C)CCNC(=O)[C@@]1(C)Cn2nc(C(=O)NCc3ccc(F)cc3)cc2C(=O)N1C. The van der Waals surface area contributed by atoms with E-state index in [0.29, 0.717) is 12.5 Å². The molecular weight excluding hydrogens is 401 g/mol. The first-order valence-electron chi connectivity index (χ1n) is 10.3. The Morgan fingerprint density at radius 3 is 2.55 bits per heavy atom. The summed E-state index contributed by atoms with van der Waals surface area (Å²) in [5.41, 5.74) is -0.0417. The van der Waals surface area contributed by atoms with Gasteiger partial charge in [0.25, 0.3) is 11.8 Å². The van der Waals surface area contributed by atoms with Crippen LogP contribution in [-0.2, 0) is 17.9 Å². The minimum Gasteiger partial charge on any atom is -0.354 e. The fraction of sp³-hybridized carbons (Fsp3) is 0.455. The van der Waals surface area contributed by atoms with Crippen LogP contribution in [0, 0.1) is 11.7 Å². The van der Waals surface area contributed by atoms with Crippen LogP contribution in [0.3, 0.4) is 0 Å². The number of carbonyl (C=O) groups excluding carboxylic acids is 3. The van der Waals surface area contributed by atoms with Crippen LogP contribution in [0.4, 0.5) is 4.39 Å². The third kappa shape index (κ3) is 4.76. The Morgan fingerprint density at radius 1 is 1.23 bits per heavy atom. The molecule has 0 saturated carbocycles. The average Bonchev–Trinajstić information content (AvgIpc) is 3.15. The lowest BCUT2D eigenvalue weighted by Crippen LogP contribution is -2.62. The lowest BCUT2D eigenvalue weighted by atomic mass is 9.95. The van der Waals surface area contributed by atoms with E-state index >= 15 is 0 Å². The van der Waals surface area contributed by atoms with Crippen molar-refractivity contribution in [1.29, 1.82) is 0 Å². The van der Waals surface area contributed by atoms with Crippen molar-refractivity contribution in [3.8, 4) is 0 Å². The van der Waals surface area contributed by atoms with Crippen molar-refractivity contribution in [3.05, 3.63) is 53.1 Å². The molecular formula is C22H28FN5O3. The lowest BCUT2D eigenvalue weighted by molar-refractivity contribution is -0.132. The van der Waals surface area contributed by atoms with Gasteiger partial charge in [-0.05, 0) is 37.0 Å². The Morgan fingerprint density at radius 2 is 1.90 bits per heavy atom. The number of nitrogens with zero attached hydrogens (tertiary/aromatic N) is 3. The number of hydrogen-bond acceptors (Lipinski definition) is 4. The molecule has 2 N–H and O–H groups in total. The fourth-order valence-corrected chi connectivity index (χ4v) is 3.38. The normalized spacial score (nSPS) is 18.1. The Hall–Kier alpha value is -3.23. The van der Waals surface area contributed by atoms with Crippen LogP contribution in [-0.4, -0.2) is 51.5 Å². The van der Waals surface area contributed by atoms with Gasteiger partial charge in [-0.15, -0.1) is 0 Å². The van der Waals surface area contributed by atoms with Crippen molar-refractivity contribution in [3.63, 3.8) is 0 Å². The van der Waals surface area contributed by atoms with Gasteiger partial charge in [0.05, 0.1) is 6.54 Å². The number of carbonyl (C=O) groups is 3. The van der Waals surface area contributed by atoms with E-state index in [2.05, 4.69) is 29.6 Å². The molecule has 3 amide bonds. The van der Waals surface area contributed by atoms with E-state index in [0.717, 1.165) is 12.0 Å². The second-order valence-corrected chi connectivity index (χ2v) is 8.46. The van der Waals surface area contributed by atoms with Gasteiger partial charge in [-0.25, -0.2) is 4.39 Å². The molecule has 1 aromatic carbocycles. The summed E-state index contributed by atoms with van der Waals surface area (Å²) in [6.07, 6.45) is 0.838. The minimum atomic E-state index is -1.12. The average molecular weight is 429 g/mol. The molecule has 166 valence electrons. The number of fused-ring (bicyclic) bond motifs is 1. The highest BCUT2D eigenvalue weighted by Gasteiger charge is 2.46. The monoisotopic (exact) mass is 429 g/mol. The molecule has 1 aliphatic heterocycles. The Balaban J connectivity index is 1.72. The highest BCUT2D eigenvalue weighted by molar-refractivity contribution is 6.01. The Kier molecular flexibility index (Phi) is 6.42. The maximum atomic E-state index is 13.0. The molecule has 2 aromatic rings. The maximum absolute atomic E-state index is 13.0. The molecule has 2 heterocycles. The van der Waals surface area contributed by atoms with Gasteiger partial charge in [0.15, 0.2) is 5.69 Å². The zero-order chi connectivity index (χ0) is 22.8. The van der Waals surface area contributed by atoms with Gasteiger partial charge in [0.1, 0.15) is 17.1 Å². The number of likely N-dealkylation sites (N-methyl/N-ethyl adjacent to an activating group) is 1. The van der Waals surface area contributed by atoms with Gasteiger partial charge < -0.3 is 15.5 Å². The molecule has 1 atom stereocenters. The highest BCUT2D eigenvalue weighted by atomic mass is 19.1. The molecule has 0 bridgehead atoms. The third-order valence-corrected chi connectivity index (χ3v) is 5.60. The zero-order valence-electron chi connectivity index (χ0n) is 18.2. The largest absolute Gasteiger partial charge is 0.354 e. The summed E-state index contributed by atoms with van der Waals surface area (Å²) in [6, 6.07) is 7.22. The molecule has 1 aliphatic rings. The smallest absolute Gasteiger partial charge is 0.272 e. The molecule has 31 heavy (non-hydrogen) atoms. The van der Waals surface area contributed by atoms with Crippen LogP contribution in [0.5, 0.6) is 0 Å².